The highest BCUT2D eigenvalue weighted by Gasteiger charge is 2.08. The Morgan fingerprint density at radius 1 is 1.32 bits per heavy atom. The van der Waals surface area contributed by atoms with Gasteiger partial charge in [-0.3, -0.25) is 5.32 Å². The number of rotatable bonds is 4. The van der Waals surface area contributed by atoms with Gasteiger partial charge >= 0.3 is 11.7 Å². The zero-order valence-electron chi connectivity index (χ0n) is 11.9. The molecule has 8 heteroatoms. The molecule has 3 rings (SSSR count). The van der Waals surface area contributed by atoms with Crippen LogP contribution in [-0.2, 0) is 0 Å². The average molecular weight is 317 g/mol. The van der Waals surface area contributed by atoms with Crippen LogP contribution in [0, 0.1) is 0 Å². The van der Waals surface area contributed by atoms with E-state index in [-0.39, 0.29) is 11.7 Å². The number of thiazole rings is 1. The second-order valence-electron chi connectivity index (χ2n) is 4.76. The van der Waals surface area contributed by atoms with Gasteiger partial charge in [0.25, 0.3) is 0 Å². The van der Waals surface area contributed by atoms with Crippen molar-refractivity contribution in [1.82, 2.24) is 20.3 Å². The third-order valence-corrected chi connectivity index (χ3v) is 3.83. The van der Waals surface area contributed by atoms with Gasteiger partial charge in [0.2, 0.25) is 0 Å². The van der Waals surface area contributed by atoms with Crippen LogP contribution in [0.1, 0.15) is 13.3 Å². The molecule has 3 aromatic rings. The van der Waals surface area contributed by atoms with E-state index in [4.69, 9.17) is 0 Å². The number of nitrogens with zero attached hydrogens (tertiary/aromatic N) is 1. The molecule has 0 spiro atoms. The molecule has 0 radical (unpaired) electrons. The first-order valence-electron chi connectivity index (χ1n) is 6.88. The predicted octanol–water partition coefficient (Wildman–Crippen LogP) is 2.51. The molecule has 2 amide bonds. The number of carbonyl (C=O) groups is 1. The van der Waals surface area contributed by atoms with E-state index in [1.165, 1.54) is 11.3 Å². The maximum absolute atomic E-state index is 11.6. The average Bonchev–Trinajstić information content (AvgIpc) is 3.09. The molecule has 1 aromatic carbocycles. The van der Waals surface area contributed by atoms with E-state index in [2.05, 4.69) is 25.6 Å². The third-order valence-electron chi connectivity index (χ3n) is 3.07. The summed E-state index contributed by atoms with van der Waals surface area (Å²) in [7, 11) is 0. The van der Waals surface area contributed by atoms with Crippen molar-refractivity contribution in [3.8, 4) is 11.3 Å². The fourth-order valence-electron chi connectivity index (χ4n) is 2.04. The van der Waals surface area contributed by atoms with Crippen molar-refractivity contribution in [2.75, 3.05) is 11.9 Å². The highest BCUT2D eigenvalue weighted by atomic mass is 32.1. The molecule has 22 heavy (non-hydrogen) atoms. The van der Waals surface area contributed by atoms with E-state index >= 15 is 0 Å². The van der Waals surface area contributed by atoms with Crippen molar-refractivity contribution in [1.29, 1.82) is 0 Å². The monoisotopic (exact) mass is 317 g/mol. The summed E-state index contributed by atoms with van der Waals surface area (Å²) in [5.74, 6) is 0. The highest BCUT2D eigenvalue weighted by molar-refractivity contribution is 7.14. The first-order valence-corrected chi connectivity index (χ1v) is 7.76. The van der Waals surface area contributed by atoms with E-state index < -0.39 is 0 Å². The molecule has 2 heterocycles. The Hall–Kier alpha value is -2.61. The van der Waals surface area contributed by atoms with E-state index in [1.807, 2.05) is 30.5 Å². The number of carbonyl (C=O) groups excluding carboxylic acids is 1. The third kappa shape index (κ3) is 3.01. The van der Waals surface area contributed by atoms with Crippen molar-refractivity contribution in [2.45, 2.75) is 13.3 Å². The molecule has 2 aromatic heterocycles. The Balaban J connectivity index is 1.79. The predicted molar refractivity (Wildman–Crippen MR) is 87.3 cm³/mol. The van der Waals surface area contributed by atoms with Crippen LogP contribution in [0.3, 0.4) is 0 Å². The topological polar surface area (TPSA) is 103 Å². The summed E-state index contributed by atoms with van der Waals surface area (Å²) in [4.78, 5) is 32.7. The maximum Gasteiger partial charge on any atom is 0.323 e. The number of urea groups is 1. The van der Waals surface area contributed by atoms with Crippen molar-refractivity contribution >= 4 is 33.5 Å². The molecular formula is C14H15N5O2S. The summed E-state index contributed by atoms with van der Waals surface area (Å²) in [6.45, 7) is 2.62. The van der Waals surface area contributed by atoms with Crippen molar-refractivity contribution in [2.24, 2.45) is 0 Å². The van der Waals surface area contributed by atoms with Crippen LogP contribution >= 0.6 is 11.3 Å². The zero-order chi connectivity index (χ0) is 15.5. The van der Waals surface area contributed by atoms with Crippen LogP contribution in [0.2, 0.25) is 0 Å². The first-order chi connectivity index (χ1) is 10.7. The van der Waals surface area contributed by atoms with Gasteiger partial charge in [0.15, 0.2) is 5.13 Å². The van der Waals surface area contributed by atoms with Crippen LogP contribution in [0.25, 0.3) is 22.3 Å². The number of anilines is 1. The molecule has 7 nitrogen and oxygen atoms in total. The van der Waals surface area contributed by atoms with Crippen molar-refractivity contribution < 1.29 is 4.79 Å². The minimum Gasteiger partial charge on any atom is -0.338 e. The smallest absolute Gasteiger partial charge is 0.323 e. The molecule has 0 aliphatic carbocycles. The standard InChI is InChI=1S/C14H15N5O2S/c1-2-5-15-12(20)19-14-18-11(7-22-14)8-3-4-9-10(6-8)17-13(21)16-9/h3-4,6-7H,2,5H2,1H3,(H2,16,17,21)(H2,15,18,19,20). The van der Waals surface area contributed by atoms with Crippen LogP contribution in [0.4, 0.5) is 9.93 Å². The summed E-state index contributed by atoms with van der Waals surface area (Å²) in [5, 5.41) is 7.83. The Morgan fingerprint density at radius 2 is 2.14 bits per heavy atom. The van der Waals surface area contributed by atoms with Crippen LogP contribution in [-0.4, -0.2) is 27.5 Å². The molecular weight excluding hydrogens is 302 g/mol. The fourth-order valence-corrected chi connectivity index (χ4v) is 2.75. The number of nitrogens with one attached hydrogen (secondary N) is 4. The molecule has 0 fully saturated rings. The van der Waals surface area contributed by atoms with Crippen molar-refractivity contribution in [3.05, 3.63) is 34.1 Å². The Labute approximate surface area is 129 Å². The number of benzene rings is 1. The maximum atomic E-state index is 11.6. The normalized spacial score (nSPS) is 10.8. The number of hydrogen-bond acceptors (Lipinski definition) is 4. The van der Waals surface area contributed by atoms with Crippen LogP contribution < -0.4 is 16.3 Å². The number of H-pyrrole nitrogens is 2. The van der Waals surface area contributed by atoms with Gasteiger partial charge in [0.1, 0.15) is 0 Å². The van der Waals surface area contributed by atoms with Gasteiger partial charge in [-0.15, -0.1) is 11.3 Å². The second kappa shape index (κ2) is 6.02. The molecule has 114 valence electrons. The molecule has 0 bridgehead atoms. The number of hydrogen-bond donors (Lipinski definition) is 4. The summed E-state index contributed by atoms with van der Waals surface area (Å²) in [6.07, 6.45) is 0.880. The molecule has 4 N–H and O–H groups in total. The molecule has 0 aliphatic rings. The summed E-state index contributed by atoms with van der Waals surface area (Å²) < 4.78 is 0. The number of amides is 2. The Bertz CT molecular complexity index is 863. The fraction of sp³-hybridized carbons (Fsp3) is 0.214. The lowest BCUT2D eigenvalue weighted by molar-refractivity contribution is 0.252. The largest absolute Gasteiger partial charge is 0.338 e. The molecule has 0 aliphatic heterocycles. The molecule has 0 unspecified atom stereocenters. The van der Waals surface area contributed by atoms with E-state index in [0.717, 1.165) is 28.7 Å². The van der Waals surface area contributed by atoms with Gasteiger partial charge in [0.05, 0.1) is 16.7 Å². The number of aromatic amines is 2. The number of imidazole rings is 1. The van der Waals surface area contributed by atoms with E-state index in [0.29, 0.717) is 11.7 Å². The lowest BCUT2D eigenvalue weighted by Crippen LogP contribution is -2.29. The Kier molecular flexibility index (Phi) is 3.92. The first kappa shape index (κ1) is 14.3. The van der Waals surface area contributed by atoms with Crippen molar-refractivity contribution in [3.63, 3.8) is 0 Å². The Morgan fingerprint density at radius 3 is 2.95 bits per heavy atom. The summed E-state index contributed by atoms with van der Waals surface area (Å²) >= 11 is 1.35. The lowest BCUT2D eigenvalue weighted by atomic mass is 10.1. The number of aromatic nitrogens is 3. The van der Waals surface area contributed by atoms with E-state index in [9.17, 15) is 9.59 Å². The zero-order valence-corrected chi connectivity index (χ0v) is 12.7. The van der Waals surface area contributed by atoms with Gasteiger partial charge in [-0.2, -0.15) is 0 Å². The van der Waals surface area contributed by atoms with Gasteiger partial charge in [-0.05, 0) is 18.6 Å². The SMILES string of the molecule is CCCNC(=O)Nc1nc(-c2ccc3[nH]c(=O)[nH]c3c2)cs1. The second-order valence-corrected chi connectivity index (χ2v) is 5.62. The van der Waals surface area contributed by atoms with Crippen LogP contribution in [0.5, 0.6) is 0 Å². The van der Waals surface area contributed by atoms with Crippen LogP contribution in [0.15, 0.2) is 28.4 Å². The summed E-state index contributed by atoms with van der Waals surface area (Å²) in [5.41, 5.74) is 2.87. The minimum absolute atomic E-state index is 0.236. The quantitative estimate of drug-likeness (QED) is 0.594. The van der Waals surface area contributed by atoms with Gasteiger partial charge in [-0.25, -0.2) is 14.6 Å². The van der Waals surface area contributed by atoms with E-state index in [1.54, 1.807) is 0 Å². The van der Waals surface area contributed by atoms with Gasteiger partial charge in [-0.1, -0.05) is 13.0 Å². The lowest BCUT2D eigenvalue weighted by Gasteiger charge is -2.02. The number of fused-ring (bicyclic) bond motifs is 1. The minimum atomic E-state index is -0.256. The van der Waals surface area contributed by atoms with Gasteiger partial charge < -0.3 is 15.3 Å². The van der Waals surface area contributed by atoms with Gasteiger partial charge in [0, 0.05) is 17.5 Å². The highest BCUT2D eigenvalue weighted by Crippen LogP contribution is 2.26. The molecule has 0 saturated carbocycles. The molecule has 0 saturated heterocycles. The summed E-state index contributed by atoms with van der Waals surface area (Å²) in [6, 6.07) is 5.29. The molecule has 0 atom stereocenters.